The number of nitrogens with one attached hydrogen (secondary N) is 1. The molecule has 1 aliphatic heterocycles. The van der Waals surface area contributed by atoms with Crippen LogP contribution in [0.5, 0.6) is 5.75 Å². The minimum atomic E-state index is -0.507. The van der Waals surface area contributed by atoms with Gasteiger partial charge in [0.05, 0.1) is 5.69 Å². The predicted molar refractivity (Wildman–Crippen MR) is 91.6 cm³/mol. The average molecular weight is 349 g/mol. The zero-order chi connectivity index (χ0) is 15.8. The number of hydrogen-bond donors (Lipinski definition) is 1. The van der Waals surface area contributed by atoms with Crippen LogP contribution in [0.25, 0.3) is 0 Å². The van der Waals surface area contributed by atoms with Gasteiger partial charge < -0.3 is 4.74 Å². The lowest BCUT2D eigenvalue weighted by Crippen LogP contribution is -2.31. The van der Waals surface area contributed by atoms with E-state index in [9.17, 15) is 4.79 Å². The Morgan fingerprint density at radius 2 is 2.17 bits per heavy atom. The topological polar surface area (TPSA) is 51.2 Å². The lowest BCUT2D eigenvalue weighted by molar-refractivity contribution is -0.122. The van der Waals surface area contributed by atoms with E-state index >= 15 is 0 Å². The number of carbonyl (C=O) groups is 1. The molecule has 2 aliphatic rings. The molecule has 1 aromatic carbocycles. The van der Waals surface area contributed by atoms with Gasteiger partial charge in [0.15, 0.2) is 11.2 Å². The van der Waals surface area contributed by atoms with E-state index in [0.717, 1.165) is 29.8 Å². The fraction of sp³-hybridized carbons (Fsp3) is 0.412. The molecule has 0 saturated heterocycles. The third kappa shape index (κ3) is 3.08. The number of carbonyl (C=O) groups excluding carboxylic acids is 1. The first-order valence-electron chi connectivity index (χ1n) is 7.93. The molecular weight excluding hydrogens is 332 g/mol. The molecule has 0 radical (unpaired) electrons. The summed E-state index contributed by atoms with van der Waals surface area (Å²) in [5, 5.41) is 4.28. The quantitative estimate of drug-likeness (QED) is 0.834. The third-order valence-corrected chi connectivity index (χ3v) is 5.62. The molecule has 2 aromatic rings. The Morgan fingerprint density at radius 1 is 1.30 bits per heavy atom. The number of thiazole rings is 1. The second kappa shape index (κ2) is 6.13. The summed E-state index contributed by atoms with van der Waals surface area (Å²) in [5.74, 6) is 0.603. The van der Waals surface area contributed by atoms with E-state index in [-0.39, 0.29) is 5.91 Å². The number of benzene rings is 1. The number of ether oxygens (including phenoxy) is 1. The lowest BCUT2D eigenvalue weighted by Gasteiger charge is -2.09. The van der Waals surface area contributed by atoms with Crippen molar-refractivity contribution in [1.82, 2.24) is 4.98 Å². The number of halogens is 1. The molecule has 6 heteroatoms. The van der Waals surface area contributed by atoms with E-state index in [4.69, 9.17) is 16.3 Å². The van der Waals surface area contributed by atoms with Gasteiger partial charge in [0.25, 0.3) is 5.91 Å². The molecular formula is C17H17ClN2O2S. The van der Waals surface area contributed by atoms with Crippen LogP contribution in [-0.4, -0.2) is 17.0 Å². The van der Waals surface area contributed by atoms with Gasteiger partial charge in [-0.15, -0.1) is 11.3 Å². The molecule has 1 aromatic heterocycles. The van der Waals surface area contributed by atoms with Crippen molar-refractivity contribution in [2.45, 2.75) is 44.6 Å². The average Bonchev–Trinajstić information content (AvgIpc) is 3.05. The molecule has 1 N–H and O–H groups in total. The molecule has 1 amide bonds. The van der Waals surface area contributed by atoms with Crippen molar-refractivity contribution < 1.29 is 9.53 Å². The Bertz CT molecular complexity index is 736. The van der Waals surface area contributed by atoms with Crippen LogP contribution in [0, 0.1) is 0 Å². The molecule has 0 saturated carbocycles. The fourth-order valence-corrected chi connectivity index (χ4v) is 4.38. The maximum Gasteiger partial charge on any atom is 0.267 e. The summed E-state index contributed by atoms with van der Waals surface area (Å²) in [6.07, 6.45) is 5.80. The van der Waals surface area contributed by atoms with Gasteiger partial charge >= 0.3 is 0 Å². The van der Waals surface area contributed by atoms with Crippen LogP contribution in [0.4, 0.5) is 5.13 Å². The van der Waals surface area contributed by atoms with Crippen LogP contribution in [0.2, 0.25) is 5.02 Å². The fourth-order valence-electron chi connectivity index (χ4n) is 3.13. The van der Waals surface area contributed by atoms with Crippen molar-refractivity contribution in [2.24, 2.45) is 0 Å². The zero-order valence-corrected chi connectivity index (χ0v) is 14.2. The van der Waals surface area contributed by atoms with Gasteiger partial charge in [0, 0.05) is 16.3 Å². The van der Waals surface area contributed by atoms with E-state index in [0.29, 0.717) is 16.6 Å². The number of nitrogens with zero attached hydrogens (tertiary/aromatic N) is 1. The van der Waals surface area contributed by atoms with Gasteiger partial charge in [-0.05, 0) is 49.4 Å². The van der Waals surface area contributed by atoms with Crippen molar-refractivity contribution >= 4 is 34.0 Å². The van der Waals surface area contributed by atoms with Crippen LogP contribution < -0.4 is 10.1 Å². The summed E-state index contributed by atoms with van der Waals surface area (Å²) < 4.78 is 5.72. The van der Waals surface area contributed by atoms with Crippen LogP contribution in [0.1, 0.15) is 35.4 Å². The lowest BCUT2D eigenvalue weighted by atomic mass is 10.1. The molecule has 4 nitrogen and oxygen atoms in total. The summed E-state index contributed by atoms with van der Waals surface area (Å²) >= 11 is 7.59. The molecule has 0 spiro atoms. The molecule has 1 atom stereocenters. The van der Waals surface area contributed by atoms with Crippen molar-refractivity contribution in [3.63, 3.8) is 0 Å². The second-order valence-corrected chi connectivity index (χ2v) is 7.52. The number of hydrogen-bond acceptors (Lipinski definition) is 4. The number of amides is 1. The van der Waals surface area contributed by atoms with E-state index < -0.39 is 6.10 Å². The Balaban J connectivity index is 1.45. The minimum Gasteiger partial charge on any atom is -0.480 e. The highest BCUT2D eigenvalue weighted by Gasteiger charge is 2.30. The van der Waals surface area contributed by atoms with E-state index in [2.05, 4.69) is 10.3 Å². The molecule has 0 fully saturated rings. The number of aromatic nitrogens is 1. The molecule has 0 unspecified atom stereocenters. The molecule has 0 bridgehead atoms. The molecule has 120 valence electrons. The van der Waals surface area contributed by atoms with Crippen molar-refractivity contribution in [1.29, 1.82) is 0 Å². The third-order valence-electron chi connectivity index (χ3n) is 4.32. The van der Waals surface area contributed by atoms with Crippen LogP contribution >= 0.6 is 22.9 Å². The van der Waals surface area contributed by atoms with Crippen molar-refractivity contribution in [3.05, 3.63) is 39.4 Å². The van der Waals surface area contributed by atoms with Crippen LogP contribution in [0.3, 0.4) is 0 Å². The predicted octanol–water partition coefficient (Wildman–Crippen LogP) is 4.01. The molecule has 4 rings (SSSR count). The monoisotopic (exact) mass is 348 g/mol. The number of aryl methyl sites for hydroxylation is 2. The molecule has 23 heavy (non-hydrogen) atoms. The van der Waals surface area contributed by atoms with Gasteiger partial charge in [-0.1, -0.05) is 18.0 Å². The van der Waals surface area contributed by atoms with Crippen LogP contribution in [0.15, 0.2) is 18.2 Å². The van der Waals surface area contributed by atoms with E-state index in [1.807, 2.05) is 12.1 Å². The number of rotatable bonds is 2. The highest BCUT2D eigenvalue weighted by atomic mass is 35.5. The summed E-state index contributed by atoms with van der Waals surface area (Å²) in [4.78, 5) is 18.4. The first-order valence-corrected chi connectivity index (χ1v) is 9.13. The summed E-state index contributed by atoms with van der Waals surface area (Å²) in [6.45, 7) is 0. The van der Waals surface area contributed by atoms with E-state index in [1.54, 1.807) is 17.4 Å². The highest BCUT2D eigenvalue weighted by molar-refractivity contribution is 7.15. The Hall–Kier alpha value is -1.59. The normalized spacial score (nSPS) is 19.4. The van der Waals surface area contributed by atoms with Gasteiger partial charge in [0.2, 0.25) is 0 Å². The summed E-state index contributed by atoms with van der Waals surface area (Å²) in [7, 11) is 0. The first-order chi connectivity index (χ1) is 11.2. The first kappa shape index (κ1) is 15.0. The summed E-state index contributed by atoms with van der Waals surface area (Å²) in [6, 6.07) is 5.45. The molecule has 2 heterocycles. The van der Waals surface area contributed by atoms with Gasteiger partial charge in [-0.2, -0.15) is 0 Å². The molecule has 1 aliphatic carbocycles. The second-order valence-electron chi connectivity index (χ2n) is 6.00. The SMILES string of the molecule is O=C(Nc1nc2c(s1)CCCCC2)[C@H]1Cc2cc(Cl)ccc2O1. The highest BCUT2D eigenvalue weighted by Crippen LogP contribution is 2.33. The maximum atomic E-state index is 12.4. The maximum absolute atomic E-state index is 12.4. The standard InChI is InChI=1S/C17H17ClN2O2S/c18-11-6-7-13-10(8-11)9-14(22-13)16(21)20-17-19-12-4-2-1-3-5-15(12)23-17/h6-8,14H,1-5,9H2,(H,19,20,21)/t14-/m1/s1. The van der Waals surface area contributed by atoms with Gasteiger partial charge in [-0.3, -0.25) is 10.1 Å². The van der Waals surface area contributed by atoms with Crippen molar-refractivity contribution in [2.75, 3.05) is 5.32 Å². The van der Waals surface area contributed by atoms with Crippen LogP contribution in [-0.2, 0) is 24.1 Å². The van der Waals surface area contributed by atoms with Gasteiger partial charge in [0.1, 0.15) is 5.75 Å². The smallest absolute Gasteiger partial charge is 0.267 e. The largest absolute Gasteiger partial charge is 0.480 e. The minimum absolute atomic E-state index is 0.138. The van der Waals surface area contributed by atoms with Gasteiger partial charge in [-0.25, -0.2) is 4.98 Å². The Kier molecular flexibility index (Phi) is 3.99. The Morgan fingerprint density at radius 3 is 3.09 bits per heavy atom. The number of fused-ring (bicyclic) bond motifs is 2. The Labute approximate surface area is 143 Å². The number of anilines is 1. The summed E-state index contributed by atoms with van der Waals surface area (Å²) in [5.41, 5.74) is 2.14. The van der Waals surface area contributed by atoms with Crippen molar-refractivity contribution in [3.8, 4) is 5.75 Å². The van der Waals surface area contributed by atoms with E-state index in [1.165, 1.54) is 24.1 Å². The zero-order valence-electron chi connectivity index (χ0n) is 12.6.